The number of nitrogens with zero attached hydrogens (tertiary/aromatic N) is 2. The number of nitrogens with two attached hydrogens (primary N) is 1. The van der Waals surface area contributed by atoms with E-state index in [9.17, 15) is 9.18 Å². The molecule has 0 bridgehead atoms. The Morgan fingerprint density at radius 3 is 2.48 bits per heavy atom. The van der Waals surface area contributed by atoms with Crippen molar-refractivity contribution in [1.29, 1.82) is 0 Å². The highest BCUT2D eigenvalue weighted by Crippen LogP contribution is 2.48. The summed E-state index contributed by atoms with van der Waals surface area (Å²) in [6.45, 7) is 1.95. The van der Waals surface area contributed by atoms with Gasteiger partial charge in [-0.1, -0.05) is 42.5 Å². The highest BCUT2D eigenvalue weighted by atomic mass is 32.1. The molecule has 158 valence electrons. The number of hydrogen-bond donors (Lipinski definition) is 1. The van der Waals surface area contributed by atoms with Crippen molar-refractivity contribution in [2.45, 2.75) is 37.1 Å². The molecular weight excluding hydrogens is 409 g/mol. The molecule has 0 unspecified atom stereocenters. The summed E-state index contributed by atoms with van der Waals surface area (Å²) >= 11 is 1.48. The van der Waals surface area contributed by atoms with Crippen LogP contribution in [-0.2, 0) is 10.3 Å². The van der Waals surface area contributed by atoms with Gasteiger partial charge in [0.15, 0.2) is 5.96 Å². The predicted molar refractivity (Wildman–Crippen MR) is 123 cm³/mol. The van der Waals surface area contributed by atoms with Crippen molar-refractivity contribution in [2.24, 2.45) is 10.7 Å². The first kappa shape index (κ1) is 19.9. The number of carbonyl (C=O) groups is 1. The average Bonchev–Trinajstić information content (AvgIpc) is 3.49. The van der Waals surface area contributed by atoms with Crippen LogP contribution in [0.25, 0.3) is 11.1 Å². The number of aliphatic imine (C=N–C) groups is 1. The second-order valence-corrected chi connectivity index (χ2v) is 9.48. The first-order chi connectivity index (χ1) is 14.9. The van der Waals surface area contributed by atoms with Gasteiger partial charge in [0, 0.05) is 17.5 Å². The molecule has 2 aliphatic rings. The molecule has 2 heterocycles. The molecule has 1 amide bonds. The Kier molecular flexibility index (Phi) is 4.70. The van der Waals surface area contributed by atoms with Gasteiger partial charge in [-0.15, -0.1) is 11.3 Å². The number of amides is 1. The predicted octanol–water partition coefficient (Wildman–Crippen LogP) is 5.22. The zero-order valence-electron chi connectivity index (χ0n) is 17.5. The number of halogens is 1. The summed E-state index contributed by atoms with van der Waals surface area (Å²) in [6, 6.07) is 17.0. The van der Waals surface area contributed by atoms with Gasteiger partial charge in [0.2, 0.25) is 5.91 Å². The lowest BCUT2D eigenvalue weighted by molar-refractivity contribution is -0.130. The minimum absolute atomic E-state index is 0.0880. The van der Waals surface area contributed by atoms with E-state index in [2.05, 4.69) is 12.1 Å². The molecule has 6 heteroatoms. The molecule has 1 aromatic heterocycles. The third-order valence-electron chi connectivity index (χ3n) is 6.43. The molecule has 1 aliphatic heterocycles. The Labute approximate surface area is 185 Å². The van der Waals surface area contributed by atoms with E-state index >= 15 is 0 Å². The molecule has 4 nitrogen and oxygen atoms in total. The molecule has 0 saturated heterocycles. The van der Waals surface area contributed by atoms with Crippen LogP contribution in [-0.4, -0.2) is 23.8 Å². The molecule has 0 spiro atoms. The largest absolute Gasteiger partial charge is 0.369 e. The number of hydrogen-bond acceptors (Lipinski definition) is 4. The van der Waals surface area contributed by atoms with Gasteiger partial charge >= 0.3 is 0 Å². The summed E-state index contributed by atoms with van der Waals surface area (Å²) in [5.41, 5.74) is 8.82. The molecule has 3 aromatic rings. The number of benzene rings is 2. The maximum absolute atomic E-state index is 14.3. The van der Waals surface area contributed by atoms with Crippen LogP contribution in [0.1, 0.15) is 47.6 Å². The van der Waals surface area contributed by atoms with E-state index in [0.717, 1.165) is 16.0 Å². The Hall–Kier alpha value is -2.99. The standard InChI is InChI=1S/C25H24FN3OS/c1-25(21-13-18(14-31-21)19-5-3-4-6-20(19)26)22(23(30)29(2)24(27)28-25)17-11-9-16(10-12-17)15-7-8-15/h3-6,9-15,22H,7-8H2,1-2H3,(H2,27,28)/t22-,25+/m0/s1. The SMILES string of the molecule is CN1C(=O)[C@H](c2ccc(C3CC3)cc2)[C@@](C)(c2cc(-c3ccccc3F)cs2)N=C1N. The Morgan fingerprint density at radius 2 is 1.81 bits per heavy atom. The van der Waals surface area contributed by atoms with Gasteiger partial charge in [-0.3, -0.25) is 9.69 Å². The molecule has 1 aliphatic carbocycles. The first-order valence-electron chi connectivity index (χ1n) is 10.4. The summed E-state index contributed by atoms with van der Waals surface area (Å²) in [6.07, 6.45) is 2.47. The lowest BCUT2D eigenvalue weighted by atomic mass is 9.77. The fraction of sp³-hybridized carbons (Fsp3) is 0.280. The molecule has 5 rings (SSSR count). The zero-order chi connectivity index (χ0) is 21.8. The fourth-order valence-electron chi connectivity index (χ4n) is 4.40. The maximum atomic E-state index is 14.3. The van der Waals surface area contributed by atoms with Crippen LogP contribution in [0.2, 0.25) is 0 Å². The molecule has 1 saturated carbocycles. The maximum Gasteiger partial charge on any atom is 0.239 e. The van der Waals surface area contributed by atoms with E-state index in [-0.39, 0.29) is 17.7 Å². The van der Waals surface area contributed by atoms with Crippen LogP contribution in [0.5, 0.6) is 0 Å². The van der Waals surface area contributed by atoms with Crippen LogP contribution in [0.15, 0.2) is 65.0 Å². The van der Waals surface area contributed by atoms with Crippen molar-refractivity contribution in [3.05, 3.63) is 81.8 Å². The minimum Gasteiger partial charge on any atom is -0.369 e. The van der Waals surface area contributed by atoms with E-state index in [1.807, 2.05) is 36.6 Å². The number of rotatable bonds is 4. The molecule has 0 radical (unpaired) electrons. The van der Waals surface area contributed by atoms with Crippen molar-refractivity contribution in [2.75, 3.05) is 7.05 Å². The first-order valence-corrected chi connectivity index (χ1v) is 11.3. The molecule has 2 N–H and O–H groups in total. The molecule has 2 aromatic carbocycles. The quantitative estimate of drug-likeness (QED) is 0.613. The van der Waals surface area contributed by atoms with Crippen LogP contribution < -0.4 is 5.73 Å². The van der Waals surface area contributed by atoms with E-state index < -0.39 is 11.5 Å². The average molecular weight is 434 g/mol. The number of likely N-dealkylation sites (N-methyl/N-ethyl adjacent to an activating group) is 1. The van der Waals surface area contributed by atoms with E-state index in [0.29, 0.717) is 11.5 Å². The van der Waals surface area contributed by atoms with Gasteiger partial charge in [0.25, 0.3) is 0 Å². The van der Waals surface area contributed by atoms with Gasteiger partial charge in [-0.05, 0) is 59.9 Å². The highest BCUT2D eigenvalue weighted by molar-refractivity contribution is 7.10. The van der Waals surface area contributed by atoms with Gasteiger partial charge in [0.05, 0.1) is 5.92 Å². The lowest BCUT2D eigenvalue weighted by Gasteiger charge is -2.40. The van der Waals surface area contributed by atoms with Crippen molar-refractivity contribution in [3.8, 4) is 11.1 Å². The van der Waals surface area contributed by atoms with Crippen molar-refractivity contribution < 1.29 is 9.18 Å². The van der Waals surface area contributed by atoms with Crippen molar-refractivity contribution >= 4 is 23.2 Å². The van der Waals surface area contributed by atoms with Crippen LogP contribution in [0.3, 0.4) is 0 Å². The van der Waals surface area contributed by atoms with Crippen LogP contribution >= 0.6 is 11.3 Å². The second kappa shape index (κ2) is 7.31. The Balaban J connectivity index is 1.60. The monoisotopic (exact) mass is 433 g/mol. The van der Waals surface area contributed by atoms with Gasteiger partial charge in [0.1, 0.15) is 11.4 Å². The van der Waals surface area contributed by atoms with E-state index in [1.165, 1.54) is 40.7 Å². The van der Waals surface area contributed by atoms with Gasteiger partial charge < -0.3 is 5.73 Å². The highest BCUT2D eigenvalue weighted by Gasteiger charge is 2.48. The van der Waals surface area contributed by atoms with Crippen molar-refractivity contribution in [1.82, 2.24) is 4.90 Å². The lowest BCUT2D eigenvalue weighted by Crippen LogP contribution is -2.52. The topological polar surface area (TPSA) is 58.7 Å². The summed E-state index contributed by atoms with van der Waals surface area (Å²) < 4.78 is 14.3. The minimum atomic E-state index is -0.872. The summed E-state index contributed by atoms with van der Waals surface area (Å²) in [5.74, 6) is -0.0227. The Morgan fingerprint density at radius 1 is 1.13 bits per heavy atom. The van der Waals surface area contributed by atoms with Gasteiger partial charge in [-0.2, -0.15) is 0 Å². The second-order valence-electron chi connectivity index (χ2n) is 8.57. The molecule has 31 heavy (non-hydrogen) atoms. The summed E-state index contributed by atoms with van der Waals surface area (Å²) in [4.78, 5) is 20.5. The van der Waals surface area contributed by atoms with E-state index in [4.69, 9.17) is 10.7 Å². The molecule has 1 fully saturated rings. The number of thiophene rings is 1. The van der Waals surface area contributed by atoms with Crippen LogP contribution in [0, 0.1) is 5.82 Å². The van der Waals surface area contributed by atoms with E-state index in [1.54, 1.807) is 19.2 Å². The number of carbonyl (C=O) groups excluding carboxylic acids is 1. The fourth-order valence-corrected chi connectivity index (χ4v) is 5.45. The normalized spacial score (nSPS) is 23.7. The molecule has 2 atom stereocenters. The summed E-state index contributed by atoms with van der Waals surface area (Å²) in [5, 5.41) is 1.92. The zero-order valence-corrected chi connectivity index (χ0v) is 18.3. The third kappa shape index (κ3) is 3.35. The van der Waals surface area contributed by atoms with Crippen molar-refractivity contribution in [3.63, 3.8) is 0 Å². The number of guanidine groups is 1. The Bertz CT molecular complexity index is 1180. The smallest absolute Gasteiger partial charge is 0.239 e. The summed E-state index contributed by atoms with van der Waals surface area (Å²) in [7, 11) is 1.66. The molecular formula is C25H24FN3OS. The third-order valence-corrected chi connectivity index (χ3v) is 7.59. The van der Waals surface area contributed by atoms with Gasteiger partial charge in [-0.25, -0.2) is 9.38 Å². The van der Waals surface area contributed by atoms with Crippen LogP contribution in [0.4, 0.5) is 4.39 Å².